The van der Waals surface area contributed by atoms with Gasteiger partial charge < -0.3 is 4.40 Å². The molecule has 8 aromatic rings. The van der Waals surface area contributed by atoms with Crippen LogP contribution in [-0.4, -0.2) is 14.4 Å². The molecule has 4 aromatic carbocycles. The Morgan fingerprint density at radius 1 is 0.432 bits per heavy atom. The molecule has 0 unspecified atom stereocenters. The maximum Gasteiger partial charge on any atom is 0.0725 e. The van der Waals surface area contributed by atoms with Crippen LogP contribution in [0, 0.1) is 0 Å². The number of benzene rings is 4. The van der Waals surface area contributed by atoms with Crippen LogP contribution in [0.4, 0.5) is 0 Å². The summed E-state index contributed by atoms with van der Waals surface area (Å²) < 4.78 is 2.36. The van der Waals surface area contributed by atoms with Gasteiger partial charge in [-0.05, 0) is 34.4 Å². The van der Waals surface area contributed by atoms with Gasteiger partial charge in [0.15, 0.2) is 0 Å². The third-order valence-corrected chi connectivity index (χ3v) is 7.51. The lowest BCUT2D eigenvalue weighted by atomic mass is 9.82. The molecule has 3 nitrogen and oxygen atoms in total. The van der Waals surface area contributed by atoms with Gasteiger partial charge in [0.25, 0.3) is 0 Å². The minimum absolute atomic E-state index is 1.10. The highest BCUT2D eigenvalue weighted by Crippen LogP contribution is 2.53. The van der Waals surface area contributed by atoms with Crippen molar-refractivity contribution in [1.82, 2.24) is 14.4 Å². The number of fused-ring (bicyclic) bond motifs is 6. The molecule has 0 spiro atoms. The zero-order valence-electron chi connectivity index (χ0n) is 20.0. The largest absolute Gasteiger partial charge is 0.305 e. The molecule has 0 fully saturated rings. The van der Waals surface area contributed by atoms with Gasteiger partial charge in [-0.25, -0.2) is 0 Å². The molecule has 4 heterocycles. The number of rotatable bonds is 3. The minimum atomic E-state index is 1.10. The van der Waals surface area contributed by atoms with Gasteiger partial charge >= 0.3 is 0 Å². The van der Waals surface area contributed by atoms with Crippen molar-refractivity contribution in [2.45, 2.75) is 0 Å². The van der Waals surface area contributed by atoms with Crippen LogP contribution in [0.15, 0.2) is 128 Å². The SMILES string of the molecule is c1ccc(-c2c(-c3ccccc3)c3c4ccncc4n4c5cnccc5c(c2-c2ccccc2)c34)cc1. The van der Waals surface area contributed by atoms with Crippen molar-refractivity contribution in [1.29, 1.82) is 0 Å². The monoisotopic (exact) mass is 471 g/mol. The first-order valence-corrected chi connectivity index (χ1v) is 12.5. The van der Waals surface area contributed by atoms with E-state index in [1.165, 1.54) is 60.4 Å². The minimum Gasteiger partial charge on any atom is -0.305 e. The zero-order chi connectivity index (χ0) is 24.3. The van der Waals surface area contributed by atoms with Gasteiger partial charge in [-0.15, -0.1) is 0 Å². The van der Waals surface area contributed by atoms with Crippen molar-refractivity contribution in [2.24, 2.45) is 0 Å². The van der Waals surface area contributed by atoms with Crippen LogP contribution >= 0.6 is 0 Å². The normalized spacial score (nSPS) is 11.8. The topological polar surface area (TPSA) is 30.2 Å². The molecular formula is C34H21N3. The molecule has 3 heteroatoms. The second-order valence-corrected chi connectivity index (χ2v) is 9.44. The maximum absolute atomic E-state index is 4.54. The van der Waals surface area contributed by atoms with Gasteiger partial charge in [0.05, 0.1) is 28.9 Å². The summed E-state index contributed by atoms with van der Waals surface area (Å²) in [7, 11) is 0. The summed E-state index contributed by atoms with van der Waals surface area (Å²) >= 11 is 0. The Hall–Kier alpha value is -5.02. The van der Waals surface area contributed by atoms with Crippen molar-refractivity contribution in [2.75, 3.05) is 0 Å². The highest BCUT2D eigenvalue weighted by molar-refractivity contribution is 6.33. The summed E-state index contributed by atoms with van der Waals surface area (Å²) in [6.45, 7) is 0. The average molecular weight is 472 g/mol. The number of hydrogen-bond donors (Lipinski definition) is 0. The van der Waals surface area contributed by atoms with E-state index in [9.17, 15) is 0 Å². The molecule has 37 heavy (non-hydrogen) atoms. The predicted octanol–water partition coefficient (Wildman–Crippen LogP) is 8.63. The summed E-state index contributed by atoms with van der Waals surface area (Å²) in [5.41, 5.74) is 10.8. The van der Waals surface area contributed by atoms with Crippen molar-refractivity contribution in [3.8, 4) is 33.4 Å². The molecule has 0 aliphatic rings. The van der Waals surface area contributed by atoms with Crippen LogP contribution < -0.4 is 0 Å². The van der Waals surface area contributed by atoms with Gasteiger partial charge in [0.2, 0.25) is 0 Å². The second kappa shape index (κ2) is 7.74. The highest BCUT2D eigenvalue weighted by Gasteiger charge is 2.28. The van der Waals surface area contributed by atoms with Crippen molar-refractivity contribution in [3.05, 3.63) is 128 Å². The Labute approximate surface area is 213 Å². The number of aromatic nitrogens is 3. The Balaban J connectivity index is 1.77. The highest BCUT2D eigenvalue weighted by atomic mass is 14.9. The number of nitrogens with zero attached hydrogens (tertiary/aromatic N) is 3. The molecule has 0 saturated carbocycles. The van der Waals surface area contributed by atoms with Crippen molar-refractivity contribution >= 4 is 38.1 Å². The number of hydrogen-bond acceptors (Lipinski definition) is 2. The van der Waals surface area contributed by atoms with E-state index in [-0.39, 0.29) is 0 Å². The summed E-state index contributed by atoms with van der Waals surface area (Å²) in [5, 5.41) is 4.93. The lowest BCUT2D eigenvalue weighted by molar-refractivity contribution is 1.27. The third kappa shape index (κ3) is 2.77. The molecule has 4 aromatic heterocycles. The fourth-order valence-corrected chi connectivity index (χ4v) is 6.09. The van der Waals surface area contributed by atoms with E-state index in [4.69, 9.17) is 0 Å². The van der Waals surface area contributed by atoms with E-state index in [1.54, 1.807) is 0 Å². The molecular weight excluding hydrogens is 450 g/mol. The molecule has 0 radical (unpaired) electrons. The van der Waals surface area contributed by atoms with E-state index in [1.807, 2.05) is 24.8 Å². The molecule has 0 aliphatic heterocycles. The molecule has 0 atom stereocenters. The van der Waals surface area contributed by atoms with Gasteiger partial charge in [-0.3, -0.25) is 9.97 Å². The fraction of sp³-hybridized carbons (Fsp3) is 0. The van der Waals surface area contributed by atoms with Crippen LogP contribution in [-0.2, 0) is 0 Å². The smallest absolute Gasteiger partial charge is 0.0725 e. The van der Waals surface area contributed by atoms with Crippen LogP contribution in [0.2, 0.25) is 0 Å². The Kier molecular flexibility index (Phi) is 4.23. The molecule has 0 bridgehead atoms. The summed E-state index contributed by atoms with van der Waals surface area (Å²) in [6.07, 6.45) is 7.78. The second-order valence-electron chi connectivity index (χ2n) is 9.44. The quantitative estimate of drug-likeness (QED) is 0.258. The van der Waals surface area contributed by atoms with Crippen molar-refractivity contribution < 1.29 is 0 Å². The first-order chi connectivity index (χ1) is 18.4. The average Bonchev–Trinajstić information content (AvgIpc) is 3.50. The molecule has 0 saturated heterocycles. The van der Waals surface area contributed by atoms with E-state index in [2.05, 4.69) is 117 Å². The fourth-order valence-electron chi connectivity index (χ4n) is 6.09. The molecule has 0 aliphatic carbocycles. The van der Waals surface area contributed by atoms with Crippen LogP contribution in [0.1, 0.15) is 0 Å². The Morgan fingerprint density at radius 2 is 0.838 bits per heavy atom. The van der Waals surface area contributed by atoms with Crippen LogP contribution in [0.25, 0.3) is 71.5 Å². The maximum atomic E-state index is 4.54. The van der Waals surface area contributed by atoms with Crippen molar-refractivity contribution in [3.63, 3.8) is 0 Å². The number of pyridine rings is 2. The molecule has 0 N–H and O–H groups in total. The Bertz CT molecular complexity index is 1930. The Morgan fingerprint density at radius 3 is 1.27 bits per heavy atom. The summed E-state index contributed by atoms with van der Waals surface area (Å²) in [5.74, 6) is 0. The first-order valence-electron chi connectivity index (χ1n) is 12.5. The van der Waals surface area contributed by atoms with Crippen LogP contribution in [0.3, 0.4) is 0 Å². The third-order valence-electron chi connectivity index (χ3n) is 7.51. The van der Waals surface area contributed by atoms with Gasteiger partial charge in [-0.2, -0.15) is 0 Å². The summed E-state index contributed by atoms with van der Waals surface area (Å²) in [4.78, 5) is 9.07. The van der Waals surface area contributed by atoms with E-state index in [0.717, 1.165) is 11.0 Å². The molecule has 0 amide bonds. The standard InChI is InChI=1S/C34H21N3/c1-4-10-22(11-5-1)29-30(23-12-6-2-7-13-23)32-25-16-18-35-20-27(25)37-28-21-36-19-17-26(28)33(34(32)37)31(29)24-14-8-3-9-15-24/h1-21H. The lowest BCUT2D eigenvalue weighted by Crippen LogP contribution is -1.93. The van der Waals surface area contributed by atoms with E-state index in [0.29, 0.717) is 0 Å². The predicted molar refractivity (Wildman–Crippen MR) is 153 cm³/mol. The first kappa shape index (κ1) is 20.2. The van der Waals surface area contributed by atoms with Gasteiger partial charge in [0.1, 0.15) is 0 Å². The summed E-state index contributed by atoms with van der Waals surface area (Å²) in [6, 6.07) is 36.7. The molecule has 172 valence electrons. The van der Waals surface area contributed by atoms with Gasteiger partial charge in [-0.1, -0.05) is 91.0 Å². The lowest BCUT2D eigenvalue weighted by Gasteiger charge is -2.20. The van der Waals surface area contributed by atoms with E-state index < -0.39 is 0 Å². The van der Waals surface area contributed by atoms with Crippen LogP contribution in [0.5, 0.6) is 0 Å². The molecule has 8 rings (SSSR count). The zero-order valence-corrected chi connectivity index (χ0v) is 20.0. The van der Waals surface area contributed by atoms with E-state index >= 15 is 0 Å². The van der Waals surface area contributed by atoms with Gasteiger partial charge in [0, 0.05) is 45.1 Å².